The molecule has 0 saturated carbocycles. The van der Waals surface area contributed by atoms with Gasteiger partial charge in [-0.2, -0.15) is 0 Å². The topological polar surface area (TPSA) is 67.8 Å². The van der Waals surface area contributed by atoms with Crippen LogP contribution in [0.15, 0.2) is 47.4 Å². The minimum atomic E-state index is -1.07. The summed E-state index contributed by atoms with van der Waals surface area (Å²) in [7, 11) is 1.60. The lowest BCUT2D eigenvalue weighted by Gasteiger charge is -2.15. The summed E-state index contributed by atoms with van der Waals surface area (Å²) in [5.41, 5.74) is 1.01. The zero-order valence-electron chi connectivity index (χ0n) is 16.3. The van der Waals surface area contributed by atoms with Gasteiger partial charge in [-0.15, -0.1) is 11.8 Å². The van der Waals surface area contributed by atoms with Gasteiger partial charge in [0.2, 0.25) is 5.91 Å². The summed E-state index contributed by atoms with van der Waals surface area (Å²) in [6, 6.07) is 13.0. The number of hydrogen-bond acceptors (Lipinski definition) is 5. The maximum absolute atomic E-state index is 12.1. The number of amides is 1. The Hall–Kier alpha value is -1.89. The van der Waals surface area contributed by atoms with Crippen LogP contribution in [-0.2, 0) is 11.2 Å². The molecule has 2 aromatic rings. The van der Waals surface area contributed by atoms with E-state index in [0.717, 1.165) is 10.5 Å². The Morgan fingerprint density at radius 3 is 2.54 bits per heavy atom. The average Bonchev–Trinajstić information content (AvgIpc) is 2.67. The van der Waals surface area contributed by atoms with E-state index in [9.17, 15) is 9.90 Å². The highest BCUT2D eigenvalue weighted by molar-refractivity contribution is 7.99. The maximum atomic E-state index is 12.1. The number of ether oxygens (including phenoxy) is 2. The van der Waals surface area contributed by atoms with Gasteiger partial charge in [-0.25, -0.2) is 0 Å². The summed E-state index contributed by atoms with van der Waals surface area (Å²) in [5.74, 6) is 1.26. The molecule has 0 fully saturated rings. The fourth-order valence-electron chi connectivity index (χ4n) is 2.45. The Labute approximate surface area is 175 Å². The molecule has 0 unspecified atom stereocenters. The Morgan fingerprint density at radius 2 is 1.89 bits per heavy atom. The lowest BCUT2D eigenvalue weighted by atomic mass is 10.1. The van der Waals surface area contributed by atoms with Gasteiger partial charge in [0, 0.05) is 22.2 Å². The van der Waals surface area contributed by atoms with Gasteiger partial charge in [0.15, 0.2) is 11.5 Å². The number of carbonyl (C=O) groups excluding carboxylic acids is 1. The summed E-state index contributed by atoms with van der Waals surface area (Å²) in [6.45, 7) is 4.34. The highest BCUT2D eigenvalue weighted by Gasteiger charge is 2.15. The lowest BCUT2D eigenvalue weighted by molar-refractivity contribution is -0.128. The molecule has 0 heterocycles. The molecule has 28 heavy (non-hydrogen) atoms. The van der Waals surface area contributed by atoms with Crippen LogP contribution in [-0.4, -0.2) is 42.6 Å². The SMILES string of the molecule is COc1cc(CCNC(=O)[C@@H](O)CSc2ccc(Cl)cc2)ccc1OC(C)C. The molecule has 7 heteroatoms. The first kappa shape index (κ1) is 22.4. The number of aliphatic hydroxyl groups is 1. The average molecular weight is 424 g/mol. The van der Waals surface area contributed by atoms with E-state index in [2.05, 4.69) is 5.32 Å². The molecule has 2 rings (SSSR count). The molecule has 1 amide bonds. The summed E-state index contributed by atoms with van der Waals surface area (Å²) >= 11 is 7.25. The van der Waals surface area contributed by atoms with Crippen LogP contribution in [0.2, 0.25) is 5.02 Å². The standard InChI is InChI=1S/C21H26ClNO4S/c1-14(2)27-19-9-4-15(12-20(19)26-3)10-11-23-21(25)18(24)13-28-17-7-5-16(22)6-8-17/h4-9,12,14,18,24H,10-11,13H2,1-3H3,(H,23,25)/t18-/m0/s1. The van der Waals surface area contributed by atoms with Gasteiger partial charge in [-0.3, -0.25) is 4.79 Å². The van der Waals surface area contributed by atoms with Crippen molar-refractivity contribution in [3.63, 3.8) is 0 Å². The first-order valence-corrected chi connectivity index (χ1v) is 10.4. The van der Waals surface area contributed by atoms with Crippen molar-refractivity contribution in [3.05, 3.63) is 53.1 Å². The third-order valence-electron chi connectivity index (χ3n) is 3.83. The van der Waals surface area contributed by atoms with Crippen molar-refractivity contribution in [3.8, 4) is 11.5 Å². The molecular formula is C21H26ClNO4S. The molecule has 2 aromatic carbocycles. The monoisotopic (exact) mass is 423 g/mol. The number of aliphatic hydroxyl groups excluding tert-OH is 1. The van der Waals surface area contributed by atoms with Crippen molar-refractivity contribution >= 4 is 29.3 Å². The van der Waals surface area contributed by atoms with Crippen LogP contribution in [0.5, 0.6) is 11.5 Å². The molecule has 1 atom stereocenters. The lowest BCUT2D eigenvalue weighted by Crippen LogP contribution is -2.37. The van der Waals surface area contributed by atoms with Crippen LogP contribution in [0.3, 0.4) is 0 Å². The zero-order valence-corrected chi connectivity index (χ0v) is 17.8. The second-order valence-electron chi connectivity index (χ2n) is 6.47. The van der Waals surface area contributed by atoms with Gasteiger partial charge in [0.05, 0.1) is 13.2 Å². The number of halogens is 1. The highest BCUT2D eigenvalue weighted by atomic mass is 35.5. The number of benzene rings is 2. The molecule has 0 saturated heterocycles. The van der Waals surface area contributed by atoms with Gasteiger partial charge in [0.1, 0.15) is 6.10 Å². The van der Waals surface area contributed by atoms with Crippen molar-refractivity contribution in [2.75, 3.05) is 19.4 Å². The summed E-state index contributed by atoms with van der Waals surface area (Å²) in [4.78, 5) is 13.0. The zero-order chi connectivity index (χ0) is 20.5. The minimum absolute atomic E-state index is 0.0614. The Morgan fingerprint density at radius 1 is 1.18 bits per heavy atom. The second-order valence-corrected chi connectivity index (χ2v) is 8.00. The van der Waals surface area contributed by atoms with E-state index in [-0.39, 0.29) is 17.8 Å². The summed E-state index contributed by atoms with van der Waals surface area (Å²) in [5, 5.41) is 13.5. The predicted molar refractivity (Wildman–Crippen MR) is 114 cm³/mol. The van der Waals surface area contributed by atoms with E-state index < -0.39 is 6.10 Å². The van der Waals surface area contributed by atoms with E-state index in [4.69, 9.17) is 21.1 Å². The van der Waals surface area contributed by atoms with Gasteiger partial charge in [-0.05, 0) is 62.2 Å². The Bertz CT molecular complexity index is 768. The number of nitrogens with one attached hydrogen (secondary N) is 1. The van der Waals surface area contributed by atoms with E-state index in [1.54, 1.807) is 19.2 Å². The van der Waals surface area contributed by atoms with E-state index >= 15 is 0 Å². The normalized spacial score (nSPS) is 11.9. The van der Waals surface area contributed by atoms with Crippen molar-refractivity contribution in [1.29, 1.82) is 0 Å². The second kappa shape index (κ2) is 11.2. The fraction of sp³-hybridized carbons (Fsp3) is 0.381. The van der Waals surface area contributed by atoms with Crippen molar-refractivity contribution in [2.45, 2.75) is 37.4 Å². The predicted octanol–water partition coefficient (Wildman–Crippen LogP) is 3.95. The molecule has 152 valence electrons. The molecule has 0 aliphatic heterocycles. The van der Waals surface area contributed by atoms with Crippen LogP contribution in [0.1, 0.15) is 19.4 Å². The molecule has 0 aliphatic rings. The third-order valence-corrected chi connectivity index (χ3v) is 5.17. The largest absolute Gasteiger partial charge is 0.493 e. The molecule has 0 aromatic heterocycles. The van der Waals surface area contributed by atoms with E-state index in [1.165, 1.54) is 11.8 Å². The number of rotatable bonds is 10. The van der Waals surface area contributed by atoms with E-state index in [0.29, 0.717) is 29.5 Å². The number of carbonyl (C=O) groups is 1. The van der Waals surface area contributed by atoms with Gasteiger partial charge >= 0.3 is 0 Å². The quantitative estimate of drug-likeness (QED) is 0.566. The van der Waals surface area contributed by atoms with Crippen LogP contribution in [0, 0.1) is 0 Å². The molecule has 2 N–H and O–H groups in total. The first-order chi connectivity index (χ1) is 13.4. The Kier molecular flexibility index (Phi) is 8.96. The molecular weight excluding hydrogens is 398 g/mol. The van der Waals surface area contributed by atoms with Crippen LogP contribution >= 0.6 is 23.4 Å². The van der Waals surface area contributed by atoms with Crippen LogP contribution in [0.25, 0.3) is 0 Å². The van der Waals surface area contributed by atoms with Gasteiger partial charge in [-0.1, -0.05) is 17.7 Å². The third kappa shape index (κ3) is 7.26. The van der Waals surface area contributed by atoms with Crippen LogP contribution in [0.4, 0.5) is 0 Å². The van der Waals surface area contributed by atoms with E-state index in [1.807, 2.05) is 44.2 Å². The van der Waals surface area contributed by atoms with Gasteiger partial charge in [0.25, 0.3) is 0 Å². The maximum Gasteiger partial charge on any atom is 0.249 e. The summed E-state index contributed by atoms with van der Waals surface area (Å²) < 4.78 is 11.1. The van der Waals surface area contributed by atoms with Crippen molar-refractivity contribution < 1.29 is 19.4 Å². The summed E-state index contributed by atoms with van der Waals surface area (Å²) in [6.07, 6.45) is -0.385. The van der Waals surface area contributed by atoms with Gasteiger partial charge < -0.3 is 19.9 Å². The Balaban J connectivity index is 1.78. The number of methoxy groups -OCH3 is 1. The fourth-order valence-corrected chi connectivity index (χ4v) is 3.40. The van der Waals surface area contributed by atoms with Crippen molar-refractivity contribution in [2.24, 2.45) is 0 Å². The van der Waals surface area contributed by atoms with Crippen molar-refractivity contribution in [1.82, 2.24) is 5.32 Å². The van der Waals surface area contributed by atoms with Crippen LogP contribution < -0.4 is 14.8 Å². The number of thioether (sulfide) groups is 1. The highest BCUT2D eigenvalue weighted by Crippen LogP contribution is 2.29. The molecule has 0 spiro atoms. The smallest absolute Gasteiger partial charge is 0.249 e. The molecule has 0 radical (unpaired) electrons. The first-order valence-electron chi connectivity index (χ1n) is 9.06. The molecule has 5 nitrogen and oxygen atoms in total. The molecule has 0 aliphatic carbocycles. The number of hydrogen-bond donors (Lipinski definition) is 2. The molecule has 0 bridgehead atoms. The minimum Gasteiger partial charge on any atom is -0.493 e.